The molecule has 0 aliphatic carbocycles. The van der Waals surface area contributed by atoms with E-state index in [0.29, 0.717) is 5.92 Å². The van der Waals surface area contributed by atoms with Crippen molar-refractivity contribution in [2.75, 3.05) is 0 Å². The summed E-state index contributed by atoms with van der Waals surface area (Å²) in [6.45, 7) is 6.74. The summed E-state index contributed by atoms with van der Waals surface area (Å²) in [6.07, 6.45) is 0. The maximum absolute atomic E-state index is 2.26. The first-order chi connectivity index (χ1) is 5.66. The van der Waals surface area contributed by atoms with Crippen molar-refractivity contribution in [2.24, 2.45) is 0 Å². The summed E-state index contributed by atoms with van der Waals surface area (Å²) in [6, 6.07) is 6.63. The molecule has 0 N–H and O–H groups in total. The van der Waals surface area contributed by atoms with Crippen LogP contribution in [-0.4, -0.2) is 16.9 Å². The molecule has 0 nitrogen and oxygen atoms in total. The van der Waals surface area contributed by atoms with Crippen LogP contribution in [0.2, 0.25) is 0 Å². The zero-order valence-corrected chi connectivity index (χ0v) is 10.5. The fourth-order valence-corrected chi connectivity index (χ4v) is 2.71. The zero-order valence-electron chi connectivity index (χ0n) is 8.09. The van der Waals surface area contributed by atoms with E-state index in [-0.39, 0.29) is 0 Å². The van der Waals surface area contributed by atoms with Crippen LogP contribution in [0.5, 0.6) is 0 Å². The third-order valence-electron chi connectivity index (χ3n) is 2.27. The first kappa shape index (κ1) is 9.86. The Kier molecular flexibility index (Phi) is 3.40. The number of rotatable bonds is 2. The van der Waals surface area contributed by atoms with Crippen molar-refractivity contribution in [3.8, 4) is 0 Å². The Morgan fingerprint density at radius 2 is 2.00 bits per heavy atom. The van der Waals surface area contributed by atoms with E-state index in [0.717, 1.165) is 0 Å². The molecule has 12 heavy (non-hydrogen) atoms. The van der Waals surface area contributed by atoms with Gasteiger partial charge in [0.1, 0.15) is 0 Å². The zero-order chi connectivity index (χ0) is 9.14. The monoisotopic (exact) mass is 224 g/mol. The molecule has 1 atom stereocenters. The van der Waals surface area contributed by atoms with Crippen LogP contribution in [0.4, 0.5) is 0 Å². The summed E-state index contributed by atoms with van der Waals surface area (Å²) < 4.78 is 0. The van der Waals surface area contributed by atoms with Gasteiger partial charge in [0, 0.05) is 0 Å². The molecule has 0 spiro atoms. The summed E-state index contributed by atoms with van der Waals surface area (Å²) in [5, 5.41) is 1.22. The summed E-state index contributed by atoms with van der Waals surface area (Å²) in [7, 11) is 0. The molecular weight excluding hydrogens is 207 g/mol. The van der Waals surface area contributed by atoms with Crippen LogP contribution in [0.1, 0.15) is 36.5 Å². The Labute approximate surface area is 83.9 Å². The predicted octanol–water partition coefficient (Wildman–Crippen LogP) is 2.25. The van der Waals surface area contributed by atoms with E-state index in [2.05, 4.69) is 39.0 Å². The average molecular weight is 224 g/mol. The van der Waals surface area contributed by atoms with Gasteiger partial charge in [-0.1, -0.05) is 0 Å². The van der Waals surface area contributed by atoms with Crippen LogP contribution in [0.3, 0.4) is 0 Å². The third-order valence-corrected chi connectivity index (χ3v) is 3.13. The predicted molar refractivity (Wildman–Crippen MR) is 57.5 cm³/mol. The molecule has 66 valence electrons. The van der Waals surface area contributed by atoms with Gasteiger partial charge in [0.05, 0.1) is 0 Å². The molecule has 1 aromatic carbocycles. The van der Waals surface area contributed by atoms with Crippen molar-refractivity contribution in [3.05, 3.63) is 34.9 Å². The summed E-state index contributed by atoms with van der Waals surface area (Å²) in [5.41, 5.74) is 4.54. The second-order valence-corrected chi connectivity index (χ2v) is 4.36. The molecule has 1 unspecified atom stereocenters. The molecule has 0 aromatic heterocycles. The SMILES string of the molecule is Cc1cccc(C(C)C)c1C[AsH2]. The Hall–Kier alpha value is -0.222. The van der Waals surface area contributed by atoms with Gasteiger partial charge in [-0.15, -0.1) is 0 Å². The number of hydrogen-bond acceptors (Lipinski definition) is 0. The molecule has 0 bridgehead atoms. The summed E-state index contributed by atoms with van der Waals surface area (Å²) in [4.78, 5) is 0. The van der Waals surface area contributed by atoms with Gasteiger partial charge in [-0.05, 0) is 0 Å². The second kappa shape index (κ2) is 4.14. The quantitative estimate of drug-likeness (QED) is 0.676. The van der Waals surface area contributed by atoms with Crippen molar-refractivity contribution in [2.45, 2.75) is 31.9 Å². The Morgan fingerprint density at radius 1 is 1.33 bits per heavy atom. The van der Waals surface area contributed by atoms with Crippen LogP contribution < -0.4 is 0 Å². The molecule has 0 saturated carbocycles. The maximum atomic E-state index is 2.26. The third kappa shape index (κ3) is 1.93. The van der Waals surface area contributed by atoms with Crippen LogP contribution >= 0.6 is 0 Å². The van der Waals surface area contributed by atoms with Crippen molar-refractivity contribution >= 4 is 16.9 Å². The molecule has 0 fully saturated rings. The first-order valence-electron chi connectivity index (χ1n) is 4.45. The molecule has 0 radical (unpaired) electrons. The van der Waals surface area contributed by atoms with Crippen LogP contribution in [0.25, 0.3) is 0 Å². The fraction of sp³-hybridized carbons (Fsp3) is 0.455. The van der Waals surface area contributed by atoms with E-state index < -0.39 is 0 Å². The van der Waals surface area contributed by atoms with E-state index in [4.69, 9.17) is 0 Å². The van der Waals surface area contributed by atoms with Gasteiger partial charge in [-0.25, -0.2) is 0 Å². The van der Waals surface area contributed by atoms with Gasteiger partial charge in [0.2, 0.25) is 0 Å². The number of aryl methyl sites for hydroxylation is 1. The van der Waals surface area contributed by atoms with Crippen molar-refractivity contribution < 1.29 is 0 Å². The average Bonchev–Trinajstić information content (AvgIpc) is 2.03. The second-order valence-electron chi connectivity index (χ2n) is 3.50. The molecule has 0 aliphatic rings. The van der Waals surface area contributed by atoms with Crippen LogP contribution in [-0.2, 0) is 5.21 Å². The van der Waals surface area contributed by atoms with E-state index in [1.807, 2.05) is 0 Å². The van der Waals surface area contributed by atoms with E-state index in [9.17, 15) is 0 Å². The topological polar surface area (TPSA) is 0 Å². The van der Waals surface area contributed by atoms with Crippen LogP contribution in [0.15, 0.2) is 18.2 Å². The fourth-order valence-electron chi connectivity index (χ4n) is 1.54. The molecule has 0 amide bonds. The van der Waals surface area contributed by atoms with Gasteiger partial charge >= 0.3 is 83.6 Å². The molecule has 0 aliphatic heterocycles. The van der Waals surface area contributed by atoms with Gasteiger partial charge in [0.15, 0.2) is 0 Å². The Balaban J connectivity index is 3.18. The van der Waals surface area contributed by atoms with Crippen molar-refractivity contribution in [3.63, 3.8) is 0 Å². The van der Waals surface area contributed by atoms with E-state index >= 15 is 0 Å². The van der Waals surface area contributed by atoms with Crippen molar-refractivity contribution in [1.82, 2.24) is 0 Å². The minimum atomic E-state index is 0.663. The van der Waals surface area contributed by atoms with Gasteiger partial charge in [-0.2, -0.15) is 0 Å². The van der Waals surface area contributed by atoms with Gasteiger partial charge < -0.3 is 0 Å². The summed E-state index contributed by atoms with van der Waals surface area (Å²) in [5.74, 6) is 0.663. The first-order valence-corrected chi connectivity index (χ1v) is 6.16. The Bertz CT molecular complexity index is 264. The van der Waals surface area contributed by atoms with Gasteiger partial charge in [-0.3, -0.25) is 0 Å². The number of hydrogen-bond donors (Lipinski definition) is 0. The molecule has 0 saturated heterocycles. The molecule has 1 aromatic rings. The molecule has 1 heteroatoms. The normalized spacial score (nSPS) is 10.8. The summed E-state index contributed by atoms with van der Waals surface area (Å²) >= 11 is 1.80. The number of benzene rings is 1. The standard InChI is InChI=1S/C11H17As/c1-8(2)10-6-4-5-9(3)11(10)7-12/h4-6,8H,7,12H2,1-3H3. The van der Waals surface area contributed by atoms with Gasteiger partial charge in [0.25, 0.3) is 0 Å². The Morgan fingerprint density at radius 3 is 2.42 bits per heavy atom. The van der Waals surface area contributed by atoms with E-state index in [1.165, 1.54) is 16.3 Å². The molecule has 0 heterocycles. The molecular formula is C11H17As. The molecule has 1 rings (SSSR count). The van der Waals surface area contributed by atoms with E-state index in [1.54, 1.807) is 22.4 Å². The van der Waals surface area contributed by atoms with Crippen molar-refractivity contribution in [1.29, 1.82) is 0 Å². The minimum absolute atomic E-state index is 0.663. The van der Waals surface area contributed by atoms with Crippen LogP contribution in [0, 0.1) is 6.92 Å².